The number of hydrogen-bond acceptors (Lipinski definition) is 3. The SMILES string of the molecule is CSc1cccc(F)c1S(=O)(=O)O.[H-].[Na+]. The van der Waals surface area contributed by atoms with Crippen molar-refractivity contribution in [3.8, 4) is 0 Å². The minimum absolute atomic E-state index is 0. The second-order valence-corrected chi connectivity index (χ2v) is 4.45. The predicted octanol–water partition coefficient (Wildman–Crippen LogP) is -1.09. The first-order chi connectivity index (χ1) is 5.96. The monoisotopic (exact) mass is 246 g/mol. The van der Waals surface area contributed by atoms with E-state index < -0.39 is 20.8 Å². The topological polar surface area (TPSA) is 54.4 Å². The van der Waals surface area contributed by atoms with Gasteiger partial charge in [-0.15, -0.1) is 11.8 Å². The second kappa shape index (κ2) is 5.48. The Morgan fingerprint density at radius 3 is 2.43 bits per heavy atom. The Labute approximate surface area is 110 Å². The van der Waals surface area contributed by atoms with Crippen molar-refractivity contribution in [2.45, 2.75) is 9.79 Å². The van der Waals surface area contributed by atoms with E-state index in [4.69, 9.17) is 4.55 Å². The summed E-state index contributed by atoms with van der Waals surface area (Å²) in [5, 5.41) is 0. The van der Waals surface area contributed by atoms with Crippen LogP contribution in [-0.4, -0.2) is 19.2 Å². The normalized spacial score (nSPS) is 10.8. The maximum absolute atomic E-state index is 13.0. The van der Waals surface area contributed by atoms with E-state index in [0.717, 1.165) is 17.8 Å². The Morgan fingerprint density at radius 1 is 1.50 bits per heavy atom. The molecule has 0 aliphatic heterocycles. The summed E-state index contributed by atoms with van der Waals surface area (Å²) >= 11 is 1.06. The van der Waals surface area contributed by atoms with Gasteiger partial charge in [0.15, 0.2) is 0 Å². The Morgan fingerprint density at radius 2 is 2.07 bits per heavy atom. The van der Waals surface area contributed by atoms with Gasteiger partial charge < -0.3 is 1.43 Å². The van der Waals surface area contributed by atoms with Crippen molar-refractivity contribution in [3.63, 3.8) is 0 Å². The van der Waals surface area contributed by atoms with E-state index in [1.54, 1.807) is 6.26 Å². The van der Waals surface area contributed by atoms with Crippen molar-refractivity contribution in [2.75, 3.05) is 6.26 Å². The third kappa shape index (κ3) is 3.22. The number of rotatable bonds is 2. The molecule has 7 heteroatoms. The van der Waals surface area contributed by atoms with E-state index in [-0.39, 0.29) is 35.9 Å². The number of halogens is 1. The van der Waals surface area contributed by atoms with Gasteiger partial charge in [0.1, 0.15) is 10.7 Å². The van der Waals surface area contributed by atoms with Gasteiger partial charge in [-0.05, 0) is 18.4 Å². The van der Waals surface area contributed by atoms with E-state index in [1.165, 1.54) is 12.1 Å². The van der Waals surface area contributed by atoms with Gasteiger partial charge in [0, 0.05) is 4.90 Å². The zero-order valence-corrected chi connectivity index (χ0v) is 11.3. The summed E-state index contributed by atoms with van der Waals surface area (Å²) in [5.74, 6) is -0.936. The van der Waals surface area contributed by atoms with Crippen LogP contribution in [0, 0.1) is 5.82 Å². The Bertz CT molecular complexity index is 424. The molecule has 0 amide bonds. The van der Waals surface area contributed by atoms with E-state index in [9.17, 15) is 12.8 Å². The summed E-state index contributed by atoms with van der Waals surface area (Å²) in [4.78, 5) is -0.454. The van der Waals surface area contributed by atoms with Gasteiger partial charge in [-0.2, -0.15) is 8.42 Å². The fourth-order valence-electron chi connectivity index (χ4n) is 0.900. The molecule has 0 aliphatic carbocycles. The molecule has 0 fully saturated rings. The summed E-state index contributed by atoms with van der Waals surface area (Å²) in [6.07, 6.45) is 1.60. The van der Waals surface area contributed by atoms with Crippen molar-refractivity contribution in [2.24, 2.45) is 0 Å². The molecule has 0 unspecified atom stereocenters. The molecular formula is C7H8FNaO3S2. The third-order valence-electron chi connectivity index (χ3n) is 1.41. The third-order valence-corrected chi connectivity index (χ3v) is 3.25. The Kier molecular flexibility index (Phi) is 5.64. The molecule has 1 N–H and O–H groups in total. The van der Waals surface area contributed by atoms with Crippen molar-refractivity contribution in [1.29, 1.82) is 0 Å². The van der Waals surface area contributed by atoms with Gasteiger partial charge in [0.05, 0.1) is 0 Å². The molecular weight excluding hydrogens is 238 g/mol. The van der Waals surface area contributed by atoms with Gasteiger partial charge in [0.2, 0.25) is 0 Å². The maximum Gasteiger partial charge on any atom is 1.00 e. The maximum atomic E-state index is 13.0. The van der Waals surface area contributed by atoms with Crippen LogP contribution in [0.3, 0.4) is 0 Å². The minimum atomic E-state index is -4.47. The van der Waals surface area contributed by atoms with Crippen LogP contribution < -0.4 is 29.6 Å². The number of hydrogen-bond donors (Lipinski definition) is 1. The van der Waals surface area contributed by atoms with Crippen molar-refractivity contribution >= 4 is 21.9 Å². The van der Waals surface area contributed by atoms with Crippen LogP contribution in [0.4, 0.5) is 4.39 Å². The molecule has 1 aromatic rings. The van der Waals surface area contributed by atoms with Crippen molar-refractivity contribution in [1.82, 2.24) is 0 Å². The van der Waals surface area contributed by atoms with Crippen LogP contribution >= 0.6 is 11.8 Å². The molecule has 0 saturated heterocycles. The number of benzene rings is 1. The Balaban J connectivity index is 0. The molecule has 0 radical (unpaired) electrons. The molecule has 0 atom stereocenters. The summed E-state index contributed by atoms with van der Waals surface area (Å²) in [6, 6.07) is 3.80. The van der Waals surface area contributed by atoms with Crippen LogP contribution in [0.5, 0.6) is 0 Å². The molecule has 1 aromatic carbocycles. The van der Waals surface area contributed by atoms with Crippen molar-refractivity contribution in [3.05, 3.63) is 24.0 Å². The largest absolute Gasteiger partial charge is 1.00 e. The van der Waals surface area contributed by atoms with Crippen molar-refractivity contribution < 1.29 is 48.3 Å². The molecule has 14 heavy (non-hydrogen) atoms. The van der Waals surface area contributed by atoms with Gasteiger partial charge in [-0.3, -0.25) is 4.55 Å². The predicted molar refractivity (Wildman–Crippen MR) is 49.1 cm³/mol. The summed E-state index contributed by atoms with van der Waals surface area (Å²) in [5.41, 5.74) is 0. The van der Waals surface area contributed by atoms with Crippen LogP contribution in [0.2, 0.25) is 0 Å². The van der Waals surface area contributed by atoms with Crippen LogP contribution in [0.25, 0.3) is 0 Å². The summed E-state index contributed by atoms with van der Waals surface area (Å²) in [6.45, 7) is 0. The first-order valence-corrected chi connectivity index (χ1v) is 5.93. The van der Waals surface area contributed by atoms with E-state index in [0.29, 0.717) is 0 Å². The Hall–Kier alpha value is 0.410. The summed E-state index contributed by atoms with van der Waals surface area (Å²) < 4.78 is 43.2. The zero-order valence-electron chi connectivity index (χ0n) is 8.69. The molecule has 3 nitrogen and oxygen atoms in total. The molecule has 0 aromatic heterocycles. The van der Waals surface area contributed by atoms with E-state index in [2.05, 4.69) is 0 Å². The van der Waals surface area contributed by atoms with E-state index >= 15 is 0 Å². The molecule has 0 spiro atoms. The average Bonchev–Trinajstić information content (AvgIpc) is 2.01. The molecule has 0 heterocycles. The quantitative estimate of drug-likeness (QED) is 0.409. The zero-order chi connectivity index (χ0) is 10.1. The van der Waals surface area contributed by atoms with Gasteiger partial charge >= 0.3 is 29.6 Å². The molecule has 0 saturated carbocycles. The first kappa shape index (κ1) is 14.4. The van der Waals surface area contributed by atoms with Gasteiger partial charge in [-0.1, -0.05) is 6.07 Å². The first-order valence-electron chi connectivity index (χ1n) is 3.27. The molecule has 1 rings (SSSR count). The minimum Gasteiger partial charge on any atom is -1.00 e. The molecule has 74 valence electrons. The second-order valence-electron chi connectivity index (χ2n) is 2.25. The van der Waals surface area contributed by atoms with Crippen LogP contribution in [0.1, 0.15) is 1.43 Å². The standard InChI is InChI=1S/C7H7FO3S2.Na.H/c1-12-6-4-2-3-5(8)7(6)13(9,10)11;;/h2-4H,1H3,(H,9,10,11);;/q;+1;-1. The fourth-order valence-corrected chi connectivity index (χ4v) is 2.60. The molecule has 0 aliphatic rings. The van der Waals surface area contributed by atoms with E-state index in [1.807, 2.05) is 0 Å². The fraction of sp³-hybridized carbons (Fsp3) is 0.143. The van der Waals surface area contributed by atoms with Gasteiger partial charge in [-0.25, -0.2) is 4.39 Å². The van der Waals surface area contributed by atoms with Crippen LogP contribution in [-0.2, 0) is 10.1 Å². The average molecular weight is 246 g/mol. The van der Waals surface area contributed by atoms with Crippen LogP contribution in [0.15, 0.2) is 28.0 Å². The number of thioether (sulfide) groups is 1. The summed E-state index contributed by atoms with van der Waals surface area (Å²) in [7, 11) is -4.47. The smallest absolute Gasteiger partial charge is 1.00 e. The van der Waals surface area contributed by atoms with Gasteiger partial charge in [0.25, 0.3) is 10.1 Å². The molecule has 0 bridgehead atoms.